The van der Waals surface area contributed by atoms with Crippen LogP contribution in [0.25, 0.3) is 0 Å². The second-order valence-corrected chi connectivity index (χ2v) is 34.9. The van der Waals surface area contributed by atoms with E-state index < -0.39 is 0 Å². The van der Waals surface area contributed by atoms with E-state index in [1.54, 1.807) is 0 Å². The lowest BCUT2D eigenvalue weighted by Gasteiger charge is -2.49. The third kappa shape index (κ3) is 74.6. The molecular formula is C96H184. The van der Waals surface area contributed by atoms with Crippen LogP contribution in [0.15, 0.2) is 154 Å². The van der Waals surface area contributed by atoms with Gasteiger partial charge in [-0.25, -0.2) is 0 Å². The fourth-order valence-electron chi connectivity index (χ4n) is 8.66. The molecule has 0 spiro atoms. The standard InChI is InChI=1S/C17H20.C11H24.2C9H20.3C7H14.4C6H12.C5H10/c1-3-17(4-2,15-11-7-5-8-12-15)16-13-9-6-10-14-16;1-9(2,3)11(7,8)10(4,5)6;1-8(2,3)7-9(4,5)6;1-7-9(5,6)8(2,3)4;1-5-6-7(2,3)4;2*1-5-7(4)6(2)3;2*1-4-5-6(2)3;2*1-4-6(3)5-2;1-3-5-4-2/h5-14H,3-4H2,1-2H3;1-8H3;2*7H2,1-6H3;5-6H,1-4H3;2*5H2,1-4H3;2*5H,4H2,1-3H3;2*4H,5H2,1-3H3;3,5H,4H2,1-2H3/b;;;;6-5-;;;;;2*6-4-;5-3-. The van der Waals surface area contributed by atoms with Crippen LogP contribution in [-0.4, -0.2) is 0 Å². The average molecular weight is 1340 g/mol. The summed E-state index contributed by atoms with van der Waals surface area (Å²) >= 11 is 0. The molecule has 0 fully saturated rings. The SMILES string of the molecule is C/C=C(/C)CC.C/C=C(/C)CC.C/C=C\C(C)(C)C.C/C=C\CC.CC(C)(C)C(C)(C)C(C)(C)C.CC(C)(C)CC(C)(C)C.CCC(C)(C)C(C)(C)C.CCC(C)=C(C)C.CCC(C)=C(C)C.CCC(CC)(c1ccccc1)c1ccccc1.CCC=C(C)C.CCC=C(C)C. The Morgan fingerprint density at radius 3 is 0.688 bits per heavy atom. The summed E-state index contributed by atoms with van der Waals surface area (Å²) in [6.45, 7) is 106. The molecule has 0 N–H and O–H groups in total. The minimum Gasteiger partial charge on any atom is -0.0917 e. The van der Waals surface area contributed by atoms with E-state index in [4.69, 9.17) is 0 Å². The third-order valence-corrected chi connectivity index (χ3v) is 18.8. The van der Waals surface area contributed by atoms with E-state index in [1.165, 1.54) is 107 Å². The first-order valence-electron chi connectivity index (χ1n) is 38.5. The van der Waals surface area contributed by atoms with Gasteiger partial charge in [0.25, 0.3) is 0 Å². The van der Waals surface area contributed by atoms with Crippen LogP contribution in [0.2, 0.25) is 0 Å². The lowest BCUT2D eigenvalue weighted by atomic mass is 9.56. The van der Waals surface area contributed by atoms with Crippen LogP contribution in [0.4, 0.5) is 0 Å². The highest BCUT2D eigenvalue weighted by molar-refractivity contribution is 5.39. The van der Waals surface area contributed by atoms with Gasteiger partial charge in [-0.05, 0) is 229 Å². The van der Waals surface area contributed by atoms with Crippen LogP contribution in [0.1, 0.15) is 414 Å². The van der Waals surface area contributed by atoms with E-state index in [1.807, 2.05) is 13.8 Å². The number of allylic oxidation sites excluding steroid dienone is 16. The van der Waals surface area contributed by atoms with E-state index in [-0.39, 0.29) is 5.41 Å². The van der Waals surface area contributed by atoms with Gasteiger partial charge in [-0.3, -0.25) is 0 Å². The van der Waals surface area contributed by atoms with Gasteiger partial charge in [0.05, 0.1) is 0 Å². The fraction of sp³-hybridized carbons (Fsp3) is 0.708. The van der Waals surface area contributed by atoms with Gasteiger partial charge in [0, 0.05) is 5.41 Å². The van der Waals surface area contributed by atoms with Crippen molar-refractivity contribution in [1.29, 1.82) is 0 Å². The highest BCUT2D eigenvalue weighted by atomic mass is 14.5. The molecule has 0 aliphatic rings. The molecule has 568 valence electrons. The van der Waals surface area contributed by atoms with Crippen molar-refractivity contribution < 1.29 is 0 Å². The Bertz CT molecular complexity index is 2140. The molecular weight excluding hydrogens is 1150 g/mol. The largest absolute Gasteiger partial charge is 0.0917 e. The Kier molecular flexibility index (Phi) is 73.8. The van der Waals surface area contributed by atoms with Crippen LogP contribution < -0.4 is 0 Å². The Morgan fingerprint density at radius 2 is 0.635 bits per heavy atom. The summed E-state index contributed by atoms with van der Waals surface area (Å²) in [4.78, 5) is 0. The summed E-state index contributed by atoms with van der Waals surface area (Å²) in [6.07, 6.45) is 30.2. The van der Waals surface area contributed by atoms with Crippen molar-refractivity contribution in [3.05, 3.63) is 165 Å². The Balaban J connectivity index is -0.000000107. The van der Waals surface area contributed by atoms with Crippen molar-refractivity contribution in [3.8, 4) is 0 Å². The normalized spacial score (nSPS) is 11.6. The molecule has 0 heteroatoms. The van der Waals surface area contributed by atoms with Gasteiger partial charge in [0.15, 0.2) is 0 Å². The molecule has 0 amide bonds. The zero-order valence-electron chi connectivity index (χ0n) is 75.7. The minimum absolute atomic E-state index is 0.169. The van der Waals surface area contributed by atoms with E-state index >= 15 is 0 Å². The predicted molar refractivity (Wildman–Crippen MR) is 461 cm³/mol. The van der Waals surface area contributed by atoms with Crippen LogP contribution in [0.5, 0.6) is 0 Å². The molecule has 2 rings (SSSR count). The van der Waals surface area contributed by atoms with Crippen LogP contribution in [0, 0.1) is 43.3 Å². The minimum atomic E-state index is 0.169. The Hall–Kier alpha value is -3.64. The lowest BCUT2D eigenvalue weighted by molar-refractivity contribution is 0.00575. The molecule has 2 aromatic carbocycles. The van der Waals surface area contributed by atoms with Gasteiger partial charge in [-0.1, -0.05) is 382 Å². The van der Waals surface area contributed by atoms with Crippen LogP contribution in [-0.2, 0) is 5.41 Å². The van der Waals surface area contributed by atoms with Crippen molar-refractivity contribution in [2.75, 3.05) is 0 Å². The summed E-state index contributed by atoms with van der Waals surface area (Å²) in [5.74, 6) is 0. The van der Waals surface area contributed by atoms with E-state index in [0.717, 1.165) is 19.3 Å². The first kappa shape index (κ1) is 114. The molecule has 0 aromatic heterocycles. The summed E-state index contributed by atoms with van der Waals surface area (Å²) in [7, 11) is 0. The number of benzene rings is 2. The van der Waals surface area contributed by atoms with E-state index in [0.29, 0.717) is 43.3 Å². The first-order chi connectivity index (χ1) is 43.3. The first-order valence-corrected chi connectivity index (χ1v) is 38.5. The van der Waals surface area contributed by atoms with Gasteiger partial charge in [-0.15, -0.1) is 0 Å². The second kappa shape index (κ2) is 62.4. The monoisotopic (exact) mass is 1340 g/mol. The van der Waals surface area contributed by atoms with Crippen molar-refractivity contribution in [2.24, 2.45) is 43.3 Å². The summed E-state index contributed by atoms with van der Waals surface area (Å²) in [5.41, 5.74) is 18.1. The summed E-state index contributed by atoms with van der Waals surface area (Å²) in [6, 6.07) is 21.7. The zero-order chi connectivity index (χ0) is 78.8. The summed E-state index contributed by atoms with van der Waals surface area (Å²) < 4.78 is 0. The molecule has 0 aliphatic heterocycles. The maximum absolute atomic E-state index is 2.35. The van der Waals surface area contributed by atoms with Gasteiger partial charge >= 0.3 is 0 Å². The third-order valence-electron chi connectivity index (χ3n) is 18.8. The van der Waals surface area contributed by atoms with Crippen molar-refractivity contribution >= 4 is 0 Å². The molecule has 96 heavy (non-hydrogen) atoms. The number of rotatable bonds is 12. The van der Waals surface area contributed by atoms with Gasteiger partial charge in [-0.2, -0.15) is 0 Å². The Morgan fingerprint density at radius 1 is 0.344 bits per heavy atom. The molecule has 0 atom stereocenters. The van der Waals surface area contributed by atoms with Crippen LogP contribution >= 0.6 is 0 Å². The van der Waals surface area contributed by atoms with Crippen molar-refractivity contribution in [1.82, 2.24) is 0 Å². The molecule has 0 radical (unpaired) electrons. The van der Waals surface area contributed by atoms with E-state index in [9.17, 15) is 0 Å². The molecule has 0 saturated heterocycles. The quantitative estimate of drug-likeness (QED) is 0.186. The Labute approximate surface area is 613 Å². The molecule has 2 aromatic rings. The second-order valence-electron chi connectivity index (χ2n) is 34.9. The lowest BCUT2D eigenvalue weighted by Crippen LogP contribution is -2.41. The molecule has 0 unspecified atom stereocenters. The maximum atomic E-state index is 2.35. The topological polar surface area (TPSA) is 0 Å². The summed E-state index contributed by atoms with van der Waals surface area (Å²) in [5, 5.41) is 0. The number of hydrogen-bond donors (Lipinski definition) is 0. The predicted octanol–water partition coefficient (Wildman–Crippen LogP) is 35.4. The molecule has 0 aliphatic carbocycles. The van der Waals surface area contributed by atoms with Gasteiger partial charge in [0.1, 0.15) is 0 Å². The van der Waals surface area contributed by atoms with Gasteiger partial charge in [0.2, 0.25) is 0 Å². The molecule has 0 saturated carbocycles. The van der Waals surface area contributed by atoms with Crippen LogP contribution in [0.3, 0.4) is 0 Å². The molecule has 0 nitrogen and oxygen atoms in total. The highest BCUT2D eigenvalue weighted by Gasteiger charge is 2.42. The highest BCUT2D eigenvalue weighted by Crippen LogP contribution is 2.50. The molecule has 0 bridgehead atoms. The van der Waals surface area contributed by atoms with Crippen molar-refractivity contribution in [2.45, 2.75) is 408 Å². The molecule has 0 heterocycles. The van der Waals surface area contributed by atoms with Crippen molar-refractivity contribution in [3.63, 3.8) is 0 Å². The maximum Gasteiger partial charge on any atom is 0.0197 e. The fourth-order valence-corrected chi connectivity index (χ4v) is 8.66. The average Bonchev–Trinajstić information content (AvgIpc) is 0.804. The number of hydrogen-bond acceptors (Lipinski definition) is 0. The smallest absolute Gasteiger partial charge is 0.0197 e. The zero-order valence-corrected chi connectivity index (χ0v) is 75.7. The van der Waals surface area contributed by atoms with E-state index in [2.05, 4.69) is 428 Å². The van der Waals surface area contributed by atoms with Gasteiger partial charge < -0.3 is 0 Å².